The molecule has 2 fully saturated rings. The lowest BCUT2D eigenvalue weighted by Gasteiger charge is -2.29. The van der Waals surface area contributed by atoms with Crippen molar-refractivity contribution >= 4 is 55.6 Å². The molecule has 0 bridgehead atoms. The third-order valence-corrected chi connectivity index (χ3v) is 10.7. The number of aromatic nitrogens is 6. The third kappa shape index (κ3) is 9.13. The Morgan fingerprint density at radius 3 is 2.76 bits per heavy atom. The van der Waals surface area contributed by atoms with Crippen LogP contribution in [-0.2, 0) is 44.0 Å². The second-order valence-electron chi connectivity index (χ2n) is 11.7. The molecule has 24 heteroatoms. The number of ether oxygens (including phenoxy) is 1. The Morgan fingerprint density at radius 2 is 2.10 bits per heavy atom. The molecule has 0 radical (unpaired) electrons. The summed E-state index contributed by atoms with van der Waals surface area (Å²) < 4.78 is 72.8. The number of halogens is 2. The first kappa shape index (κ1) is 38.7. The molecule has 2 unspecified atom stereocenters. The smallest absolute Gasteiger partial charge is 0.394 e. The van der Waals surface area contributed by atoms with Gasteiger partial charge in [-0.25, -0.2) is 23.7 Å². The van der Waals surface area contributed by atoms with Crippen LogP contribution in [-0.4, -0.2) is 102 Å². The highest BCUT2D eigenvalue weighted by molar-refractivity contribution is 8.07. The average molecular weight is 777 g/mol. The molecule has 0 aromatic carbocycles. The number of anilines is 2. The van der Waals surface area contributed by atoms with Gasteiger partial charge in [0.05, 0.1) is 44.7 Å². The number of imidazole rings is 1. The van der Waals surface area contributed by atoms with Gasteiger partial charge in [-0.1, -0.05) is 13.8 Å². The molecule has 4 heterocycles. The van der Waals surface area contributed by atoms with Crippen LogP contribution in [0, 0.1) is 23.2 Å². The lowest BCUT2D eigenvalue weighted by atomic mass is 10.1. The SMILES string of the molecule is CC(C)C(=O)Nc1nc2c(ncn2[C@@H]2O[C@H](CO)[C@@H](F)[C@@H]2OP(=S)(OCCC#N)OC[C@H]2C[C@@H](Nc3ccncn3)[C@H](F)[C@@H]2O[P+](=O)O)c(=O)[nH]1. The zero-order valence-electron chi connectivity index (χ0n) is 26.9. The lowest BCUT2D eigenvalue weighted by molar-refractivity contribution is -0.118. The summed E-state index contributed by atoms with van der Waals surface area (Å²) in [5, 5.41) is 24.4. The number of fused-ring (bicyclic) bond motifs is 1. The van der Waals surface area contributed by atoms with E-state index in [1.807, 2.05) is 6.07 Å². The van der Waals surface area contributed by atoms with Crippen LogP contribution in [0.2, 0.25) is 0 Å². The van der Waals surface area contributed by atoms with E-state index in [4.69, 9.17) is 39.9 Å². The van der Waals surface area contributed by atoms with Crippen LogP contribution in [0.1, 0.15) is 32.9 Å². The van der Waals surface area contributed by atoms with Crippen molar-refractivity contribution in [1.82, 2.24) is 29.5 Å². The van der Waals surface area contributed by atoms with Gasteiger partial charge in [0.25, 0.3) is 5.56 Å². The summed E-state index contributed by atoms with van der Waals surface area (Å²) in [6.07, 6.45) is -6.33. The van der Waals surface area contributed by atoms with E-state index in [2.05, 4.69) is 35.6 Å². The highest BCUT2D eigenvalue weighted by Crippen LogP contribution is 2.55. The van der Waals surface area contributed by atoms with E-state index in [1.54, 1.807) is 13.8 Å². The molecule has 1 amide bonds. The number of alkyl halides is 2. The first-order valence-electron chi connectivity index (χ1n) is 15.5. The van der Waals surface area contributed by atoms with Gasteiger partial charge in [0.15, 0.2) is 35.8 Å². The van der Waals surface area contributed by atoms with Crippen molar-refractivity contribution < 1.29 is 51.0 Å². The normalized spacial score (nSPS) is 27.7. The number of nitrogens with zero attached hydrogens (tertiary/aromatic N) is 6. The van der Waals surface area contributed by atoms with Crippen molar-refractivity contribution in [1.29, 1.82) is 5.26 Å². The van der Waals surface area contributed by atoms with E-state index >= 15 is 8.78 Å². The van der Waals surface area contributed by atoms with Gasteiger partial charge in [-0.15, -0.1) is 9.42 Å². The average Bonchev–Trinajstić information content (AvgIpc) is 3.74. The van der Waals surface area contributed by atoms with Crippen LogP contribution < -0.4 is 16.2 Å². The number of nitrogens with one attached hydrogen (secondary N) is 3. The third-order valence-electron chi connectivity index (χ3n) is 7.92. The van der Waals surface area contributed by atoms with Gasteiger partial charge in [0, 0.05) is 22.6 Å². The number of rotatable bonds is 16. The molecule has 3 aromatic rings. The Kier molecular flexibility index (Phi) is 12.8. The van der Waals surface area contributed by atoms with Crippen LogP contribution in [0.5, 0.6) is 0 Å². The first-order chi connectivity index (χ1) is 24.3. The first-order valence-corrected chi connectivity index (χ1v) is 19.1. The molecule has 1 saturated heterocycles. The molecule has 0 spiro atoms. The molecule has 5 rings (SSSR count). The summed E-state index contributed by atoms with van der Waals surface area (Å²) >= 11 is 5.63. The molecular formula is C27H34F2N9O10P2S+. The number of amides is 1. The van der Waals surface area contributed by atoms with Gasteiger partial charge >= 0.3 is 15.0 Å². The summed E-state index contributed by atoms with van der Waals surface area (Å²) in [5.74, 6) is -1.75. The largest absolute Gasteiger partial charge is 0.695 e. The van der Waals surface area contributed by atoms with Gasteiger partial charge in [0.1, 0.15) is 24.4 Å². The number of H-pyrrole nitrogens is 1. The summed E-state index contributed by atoms with van der Waals surface area (Å²) in [6.45, 7) is -2.40. The molecule has 2 aliphatic rings. The second-order valence-corrected chi connectivity index (χ2v) is 15.4. The number of aromatic amines is 1. The van der Waals surface area contributed by atoms with E-state index in [9.17, 15) is 24.2 Å². The van der Waals surface area contributed by atoms with Crippen molar-refractivity contribution in [3.05, 3.63) is 35.3 Å². The van der Waals surface area contributed by atoms with Crippen molar-refractivity contribution in [2.24, 2.45) is 11.8 Å². The Balaban J connectivity index is 1.42. The highest BCUT2D eigenvalue weighted by atomic mass is 32.5. The van der Waals surface area contributed by atoms with E-state index in [0.717, 1.165) is 10.9 Å². The number of hydrogen-bond donors (Lipinski definition) is 5. The molecule has 1 aliphatic heterocycles. The zero-order chi connectivity index (χ0) is 36.9. The lowest BCUT2D eigenvalue weighted by Crippen LogP contribution is -2.33. The van der Waals surface area contributed by atoms with Crippen LogP contribution in [0.3, 0.4) is 0 Å². The molecule has 1 aliphatic carbocycles. The number of carbonyl (C=O) groups is 1. The van der Waals surface area contributed by atoms with Crippen LogP contribution >= 0.6 is 15.0 Å². The van der Waals surface area contributed by atoms with Crippen molar-refractivity contribution in [3.8, 4) is 6.07 Å². The summed E-state index contributed by atoms with van der Waals surface area (Å²) in [6, 6.07) is 2.43. The number of aliphatic hydroxyl groups excluding tert-OH is 1. The maximum absolute atomic E-state index is 16.0. The molecule has 1 saturated carbocycles. The zero-order valence-corrected chi connectivity index (χ0v) is 29.5. The van der Waals surface area contributed by atoms with E-state index < -0.39 is 94.4 Å². The highest BCUT2D eigenvalue weighted by Gasteiger charge is 2.52. The van der Waals surface area contributed by atoms with Crippen LogP contribution in [0.4, 0.5) is 20.5 Å². The van der Waals surface area contributed by atoms with Gasteiger partial charge in [-0.05, 0) is 24.3 Å². The van der Waals surface area contributed by atoms with Gasteiger partial charge in [-0.3, -0.25) is 29.0 Å². The van der Waals surface area contributed by atoms with Crippen molar-refractivity contribution in [2.75, 3.05) is 30.5 Å². The van der Waals surface area contributed by atoms with Gasteiger partial charge in [0.2, 0.25) is 11.9 Å². The molecular weight excluding hydrogens is 742 g/mol. The molecule has 5 N–H and O–H groups in total. The van der Waals surface area contributed by atoms with Crippen molar-refractivity contribution in [2.45, 2.75) is 69.6 Å². The van der Waals surface area contributed by atoms with E-state index in [1.165, 1.54) is 18.6 Å². The minimum atomic E-state index is -4.09. The Labute approximate surface area is 294 Å². The second kappa shape index (κ2) is 16.9. The Morgan fingerprint density at radius 1 is 1.31 bits per heavy atom. The van der Waals surface area contributed by atoms with Gasteiger partial charge < -0.3 is 24.2 Å². The molecule has 276 valence electrons. The van der Waals surface area contributed by atoms with Crippen molar-refractivity contribution in [3.63, 3.8) is 0 Å². The fourth-order valence-electron chi connectivity index (χ4n) is 5.44. The number of aliphatic hydroxyl groups is 1. The van der Waals surface area contributed by atoms with E-state index in [-0.39, 0.29) is 42.4 Å². The van der Waals surface area contributed by atoms with Crippen LogP contribution in [0.25, 0.3) is 11.2 Å². The number of hydrogen-bond acceptors (Lipinski definition) is 16. The Bertz CT molecular complexity index is 1850. The summed E-state index contributed by atoms with van der Waals surface area (Å²) in [4.78, 5) is 53.1. The molecule has 51 heavy (non-hydrogen) atoms. The fraction of sp³-hybridized carbons (Fsp3) is 0.593. The maximum atomic E-state index is 16.0. The number of nitriles is 1. The predicted octanol–water partition coefficient (Wildman–Crippen LogP) is 2.16. The fourth-order valence-corrected chi connectivity index (χ4v) is 8.05. The summed E-state index contributed by atoms with van der Waals surface area (Å²) in [5.41, 5.74) is -1.06. The molecule has 3 aromatic heterocycles. The molecule has 19 nitrogen and oxygen atoms in total. The standard InChI is InChI=1S/C27H33F2N9O10P2S/c1-13(2)24(40)36-27-35-23-20(25(41)37-27)33-12-38(23)26-22(19(29)16(9-39)46-26)48-50(51,44-7-3-5-30)45-10-14-8-15(18(28)21(14)47-49(42)43)34-17-4-6-31-11-32-17/h4,6,11-16,18-19,21-22,26,39H,3,7-10H2,1-2H3,(H3-,31,32,34,35,36,37,40,41,42,43)/p+1/t14-,15-,16-,18+,19-,21-,22+,26-,50?/m1/s1. The minimum absolute atomic E-state index is 0.00303. The summed E-state index contributed by atoms with van der Waals surface area (Å²) in [7, 11) is -3.24. The quantitative estimate of drug-likeness (QED) is 0.103. The van der Waals surface area contributed by atoms with Gasteiger partial charge in [-0.2, -0.15) is 10.2 Å². The number of carbonyl (C=O) groups excluding carboxylic acids is 1. The van der Waals surface area contributed by atoms with E-state index in [0.29, 0.717) is 0 Å². The monoisotopic (exact) mass is 776 g/mol. The Hall–Kier alpha value is -3.48. The molecule has 10 atom stereocenters. The minimum Gasteiger partial charge on any atom is -0.394 e. The predicted molar refractivity (Wildman–Crippen MR) is 176 cm³/mol. The van der Waals surface area contributed by atoms with Crippen LogP contribution in [0.15, 0.2) is 29.7 Å². The topological polar surface area (TPSA) is 258 Å². The maximum Gasteiger partial charge on any atom is 0.695 e.